The van der Waals surface area contributed by atoms with E-state index in [0.29, 0.717) is 12.4 Å². The third-order valence-corrected chi connectivity index (χ3v) is 3.75. The molecule has 4 nitrogen and oxygen atoms in total. The summed E-state index contributed by atoms with van der Waals surface area (Å²) >= 11 is 0. The number of hydrogen-bond acceptors (Lipinski definition) is 3. The molecule has 1 heterocycles. The summed E-state index contributed by atoms with van der Waals surface area (Å²) in [5.74, 6) is 0.687. The third-order valence-electron chi connectivity index (χ3n) is 3.75. The fourth-order valence-corrected chi connectivity index (χ4v) is 2.80. The highest BCUT2D eigenvalue weighted by Crippen LogP contribution is 2.43. The molecule has 2 aromatic carbocycles. The second-order valence-corrected chi connectivity index (χ2v) is 4.84. The number of nitrogens with one attached hydrogen (secondary N) is 1. The van der Waals surface area contributed by atoms with Crippen molar-refractivity contribution in [1.82, 2.24) is 4.98 Å². The van der Waals surface area contributed by atoms with Crippen LogP contribution in [0.4, 0.5) is 0 Å². The second-order valence-electron chi connectivity index (χ2n) is 4.84. The molecule has 0 amide bonds. The molecule has 0 bridgehead atoms. The van der Waals surface area contributed by atoms with Crippen molar-refractivity contribution in [3.8, 4) is 11.5 Å². The third kappa shape index (κ3) is 1.65. The molecule has 3 aromatic rings. The SMILES string of the molecule is COCc1c(C)c(OC)c(O)c2c1[nH]c1ccccc12. The number of hydrogen-bond donors (Lipinski definition) is 2. The number of fused-ring (bicyclic) bond motifs is 3. The number of benzene rings is 2. The normalized spacial score (nSPS) is 11.3. The first kappa shape index (κ1) is 12.8. The van der Waals surface area contributed by atoms with Gasteiger partial charge in [0.1, 0.15) is 0 Å². The van der Waals surface area contributed by atoms with Crippen molar-refractivity contribution < 1.29 is 14.6 Å². The van der Waals surface area contributed by atoms with Gasteiger partial charge in [0.05, 0.1) is 24.6 Å². The maximum atomic E-state index is 10.5. The van der Waals surface area contributed by atoms with Crippen molar-refractivity contribution in [3.05, 3.63) is 35.4 Å². The van der Waals surface area contributed by atoms with Crippen molar-refractivity contribution in [1.29, 1.82) is 0 Å². The van der Waals surface area contributed by atoms with Gasteiger partial charge in [0.2, 0.25) is 0 Å². The van der Waals surface area contributed by atoms with Crippen LogP contribution in [-0.4, -0.2) is 24.3 Å². The van der Waals surface area contributed by atoms with E-state index >= 15 is 0 Å². The van der Waals surface area contributed by atoms with Gasteiger partial charge in [-0.2, -0.15) is 0 Å². The lowest BCUT2D eigenvalue weighted by Crippen LogP contribution is -1.98. The first-order valence-corrected chi connectivity index (χ1v) is 6.46. The Morgan fingerprint density at radius 1 is 1.20 bits per heavy atom. The monoisotopic (exact) mass is 271 g/mol. The lowest BCUT2D eigenvalue weighted by atomic mass is 10.0. The van der Waals surface area contributed by atoms with E-state index in [4.69, 9.17) is 9.47 Å². The van der Waals surface area contributed by atoms with E-state index in [1.165, 1.54) is 0 Å². The highest BCUT2D eigenvalue weighted by atomic mass is 16.5. The first-order chi connectivity index (χ1) is 9.69. The number of H-pyrrole nitrogens is 1. The molecule has 0 spiro atoms. The maximum absolute atomic E-state index is 10.5. The summed E-state index contributed by atoms with van der Waals surface area (Å²) in [6.45, 7) is 2.39. The van der Waals surface area contributed by atoms with Crippen LogP contribution in [0.15, 0.2) is 24.3 Å². The quantitative estimate of drug-likeness (QED) is 0.766. The highest BCUT2D eigenvalue weighted by molar-refractivity contribution is 6.12. The molecule has 20 heavy (non-hydrogen) atoms. The molecule has 1 aromatic heterocycles. The Morgan fingerprint density at radius 2 is 1.95 bits per heavy atom. The molecule has 0 aliphatic rings. The predicted octanol–water partition coefficient (Wildman–Crippen LogP) is 3.49. The minimum atomic E-state index is 0.178. The van der Waals surface area contributed by atoms with Gasteiger partial charge in [-0.15, -0.1) is 0 Å². The van der Waals surface area contributed by atoms with Crippen LogP contribution in [0.25, 0.3) is 21.8 Å². The molecule has 0 radical (unpaired) electrons. The predicted molar refractivity (Wildman–Crippen MR) is 79.5 cm³/mol. The molecule has 0 saturated carbocycles. The van der Waals surface area contributed by atoms with E-state index in [-0.39, 0.29) is 5.75 Å². The van der Waals surface area contributed by atoms with E-state index in [9.17, 15) is 5.11 Å². The van der Waals surface area contributed by atoms with E-state index < -0.39 is 0 Å². The minimum Gasteiger partial charge on any atom is -0.504 e. The van der Waals surface area contributed by atoms with Gasteiger partial charge in [-0.05, 0) is 13.0 Å². The molecule has 2 N–H and O–H groups in total. The van der Waals surface area contributed by atoms with Crippen molar-refractivity contribution >= 4 is 21.8 Å². The van der Waals surface area contributed by atoms with Gasteiger partial charge >= 0.3 is 0 Å². The molecular formula is C16H17NO3. The molecule has 3 rings (SSSR count). The number of aromatic hydroxyl groups is 1. The Balaban J connectivity index is 2.52. The number of methoxy groups -OCH3 is 2. The number of aromatic nitrogens is 1. The number of phenolic OH excluding ortho intramolecular Hbond substituents is 1. The molecule has 4 heteroatoms. The van der Waals surface area contributed by atoms with E-state index in [0.717, 1.165) is 32.9 Å². The zero-order valence-electron chi connectivity index (χ0n) is 11.8. The van der Waals surface area contributed by atoms with Crippen molar-refractivity contribution in [2.75, 3.05) is 14.2 Å². The molecule has 0 aliphatic carbocycles. The van der Waals surface area contributed by atoms with Crippen LogP contribution in [0.1, 0.15) is 11.1 Å². The Bertz CT molecular complexity index is 789. The van der Waals surface area contributed by atoms with Crippen LogP contribution in [0.3, 0.4) is 0 Å². The zero-order chi connectivity index (χ0) is 14.3. The number of para-hydroxylation sites is 1. The van der Waals surface area contributed by atoms with E-state index in [1.807, 2.05) is 31.2 Å². The van der Waals surface area contributed by atoms with Crippen molar-refractivity contribution in [2.24, 2.45) is 0 Å². The van der Waals surface area contributed by atoms with Crippen LogP contribution in [0.5, 0.6) is 11.5 Å². The largest absolute Gasteiger partial charge is 0.504 e. The molecule has 0 aliphatic heterocycles. The maximum Gasteiger partial charge on any atom is 0.168 e. The van der Waals surface area contributed by atoms with Gasteiger partial charge in [-0.25, -0.2) is 0 Å². The number of aromatic amines is 1. The molecular weight excluding hydrogens is 254 g/mol. The van der Waals surface area contributed by atoms with Gasteiger partial charge < -0.3 is 19.6 Å². The van der Waals surface area contributed by atoms with E-state index in [1.54, 1.807) is 14.2 Å². The lowest BCUT2D eigenvalue weighted by Gasteiger charge is -2.14. The summed E-state index contributed by atoms with van der Waals surface area (Å²) in [6, 6.07) is 7.90. The fourth-order valence-electron chi connectivity index (χ4n) is 2.80. The Morgan fingerprint density at radius 3 is 2.65 bits per heavy atom. The summed E-state index contributed by atoms with van der Waals surface area (Å²) in [6.07, 6.45) is 0. The topological polar surface area (TPSA) is 54.5 Å². The molecule has 0 atom stereocenters. The van der Waals surface area contributed by atoms with E-state index in [2.05, 4.69) is 4.98 Å². The smallest absolute Gasteiger partial charge is 0.168 e. The first-order valence-electron chi connectivity index (χ1n) is 6.46. The molecule has 0 fully saturated rings. The molecule has 104 valence electrons. The second kappa shape index (κ2) is 4.72. The standard InChI is InChI=1S/C16H17NO3/c1-9-11(8-19-2)14-13(15(18)16(9)20-3)10-6-4-5-7-12(10)17-14/h4-7,17-18H,8H2,1-3H3. The van der Waals surface area contributed by atoms with Crippen LogP contribution >= 0.6 is 0 Å². The summed E-state index contributed by atoms with van der Waals surface area (Å²) in [5, 5.41) is 12.3. The molecule has 0 unspecified atom stereocenters. The lowest BCUT2D eigenvalue weighted by molar-refractivity contribution is 0.185. The van der Waals surface area contributed by atoms with Crippen LogP contribution in [0.2, 0.25) is 0 Å². The van der Waals surface area contributed by atoms with Crippen LogP contribution < -0.4 is 4.74 Å². The van der Waals surface area contributed by atoms with Gasteiger partial charge in [0.15, 0.2) is 11.5 Å². The average molecular weight is 271 g/mol. The Hall–Kier alpha value is -2.20. The zero-order valence-corrected chi connectivity index (χ0v) is 11.8. The summed E-state index contributed by atoms with van der Waals surface area (Å²) in [4.78, 5) is 3.37. The van der Waals surface area contributed by atoms with Crippen LogP contribution in [0, 0.1) is 6.92 Å². The summed E-state index contributed by atoms with van der Waals surface area (Å²) in [5.41, 5.74) is 3.80. The molecule has 0 saturated heterocycles. The van der Waals surface area contributed by atoms with Crippen molar-refractivity contribution in [2.45, 2.75) is 13.5 Å². The number of ether oxygens (including phenoxy) is 2. The van der Waals surface area contributed by atoms with Gasteiger partial charge in [-0.3, -0.25) is 0 Å². The Labute approximate surface area is 116 Å². The van der Waals surface area contributed by atoms with Gasteiger partial charge in [0, 0.05) is 29.1 Å². The number of phenols is 1. The highest BCUT2D eigenvalue weighted by Gasteiger charge is 2.20. The average Bonchev–Trinajstić information content (AvgIpc) is 2.83. The van der Waals surface area contributed by atoms with Crippen molar-refractivity contribution in [3.63, 3.8) is 0 Å². The Kier molecular flexibility index (Phi) is 3.03. The summed E-state index contributed by atoms with van der Waals surface area (Å²) < 4.78 is 10.7. The van der Waals surface area contributed by atoms with Gasteiger partial charge in [-0.1, -0.05) is 18.2 Å². The van der Waals surface area contributed by atoms with Crippen LogP contribution in [-0.2, 0) is 11.3 Å². The number of rotatable bonds is 3. The minimum absolute atomic E-state index is 0.178. The fraction of sp³-hybridized carbons (Fsp3) is 0.250. The van der Waals surface area contributed by atoms with Gasteiger partial charge in [0.25, 0.3) is 0 Å². The summed E-state index contributed by atoms with van der Waals surface area (Å²) in [7, 11) is 3.23.